The second kappa shape index (κ2) is 13.1. The van der Waals surface area contributed by atoms with Crippen LogP contribution in [0.4, 0.5) is 10.1 Å². The number of ether oxygens (including phenoxy) is 1. The van der Waals surface area contributed by atoms with E-state index in [-0.39, 0.29) is 39.5 Å². The van der Waals surface area contributed by atoms with Gasteiger partial charge in [0.15, 0.2) is 0 Å². The lowest BCUT2D eigenvalue weighted by atomic mass is 10.1. The highest BCUT2D eigenvalue weighted by Crippen LogP contribution is 2.35. The van der Waals surface area contributed by atoms with Crippen LogP contribution in [-0.2, 0) is 26.2 Å². The number of hydrogen-bond acceptors (Lipinski definition) is 5. The molecule has 3 aromatic rings. The Morgan fingerprint density at radius 3 is 2.27 bits per heavy atom. The Morgan fingerprint density at radius 1 is 1.02 bits per heavy atom. The average Bonchev–Trinajstić information content (AvgIpc) is 2.90. The minimum Gasteiger partial charge on any atom is -0.495 e. The summed E-state index contributed by atoms with van der Waals surface area (Å²) in [5.74, 6) is -1.59. The molecule has 214 valence electrons. The molecule has 0 aromatic heterocycles. The number of hydrogen-bond donors (Lipinski definition) is 1. The van der Waals surface area contributed by atoms with Crippen LogP contribution in [-0.4, -0.2) is 50.9 Å². The largest absolute Gasteiger partial charge is 0.495 e. The first-order valence-corrected chi connectivity index (χ1v) is 14.4. The zero-order valence-corrected chi connectivity index (χ0v) is 24.6. The maximum absolute atomic E-state index is 14.6. The molecule has 0 saturated carbocycles. The lowest BCUT2D eigenvalue weighted by molar-refractivity contribution is -0.139. The van der Waals surface area contributed by atoms with Gasteiger partial charge in [0.05, 0.1) is 17.7 Å². The highest BCUT2D eigenvalue weighted by Gasteiger charge is 2.34. The SMILES string of the molecule is COc1ccc(Cl)cc1N(CC(=O)N(Cc1ccccc1F)C(C)C(=O)NC(C)C)S(=O)(=O)c1ccc(C)cc1. The first kappa shape index (κ1) is 30.9. The summed E-state index contributed by atoms with van der Waals surface area (Å²) >= 11 is 6.23. The molecule has 0 heterocycles. The molecule has 0 radical (unpaired) electrons. The standard InChI is InChI=1S/C29H33ClFN3O5S/c1-19(2)32-29(36)21(4)33(17-22-8-6-7-9-25(22)31)28(35)18-34(26-16-23(30)12-15-27(26)39-5)40(37,38)24-13-10-20(3)11-14-24/h6-16,19,21H,17-18H2,1-5H3,(H,32,36). The second-order valence-electron chi connectivity index (χ2n) is 9.59. The van der Waals surface area contributed by atoms with E-state index >= 15 is 0 Å². The topological polar surface area (TPSA) is 96.0 Å². The number of carbonyl (C=O) groups excluding carboxylic acids is 2. The van der Waals surface area contributed by atoms with Crippen molar-refractivity contribution in [1.29, 1.82) is 0 Å². The van der Waals surface area contributed by atoms with E-state index in [1.807, 2.05) is 6.92 Å². The van der Waals surface area contributed by atoms with Crippen molar-refractivity contribution in [3.05, 3.63) is 88.7 Å². The molecular weight excluding hydrogens is 557 g/mol. The van der Waals surface area contributed by atoms with Crippen molar-refractivity contribution < 1.29 is 27.1 Å². The molecule has 1 atom stereocenters. The summed E-state index contributed by atoms with van der Waals surface area (Å²) in [6, 6.07) is 15.2. The monoisotopic (exact) mass is 589 g/mol. The van der Waals surface area contributed by atoms with E-state index in [1.165, 1.54) is 62.6 Å². The van der Waals surface area contributed by atoms with Crippen LogP contribution < -0.4 is 14.4 Å². The fraction of sp³-hybridized carbons (Fsp3) is 0.310. The van der Waals surface area contributed by atoms with Crippen LogP contribution in [0.1, 0.15) is 31.9 Å². The summed E-state index contributed by atoms with van der Waals surface area (Å²) in [4.78, 5) is 28.0. The molecule has 0 aliphatic carbocycles. The summed E-state index contributed by atoms with van der Waals surface area (Å²) in [6.45, 7) is 5.91. The van der Waals surface area contributed by atoms with Gasteiger partial charge in [0.25, 0.3) is 10.0 Å². The number of amides is 2. The molecule has 3 aromatic carbocycles. The molecule has 0 saturated heterocycles. The number of anilines is 1. The fourth-order valence-electron chi connectivity index (χ4n) is 4.01. The molecule has 11 heteroatoms. The van der Waals surface area contributed by atoms with E-state index in [4.69, 9.17) is 16.3 Å². The summed E-state index contributed by atoms with van der Waals surface area (Å²) < 4.78 is 48.9. The minimum atomic E-state index is -4.32. The highest BCUT2D eigenvalue weighted by atomic mass is 35.5. The number of carbonyl (C=O) groups is 2. The van der Waals surface area contributed by atoms with Gasteiger partial charge >= 0.3 is 0 Å². The van der Waals surface area contributed by atoms with Crippen molar-refractivity contribution in [3.63, 3.8) is 0 Å². The number of benzene rings is 3. The number of sulfonamides is 1. The van der Waals surface area contributed by atoms with Crippen LogP contribution in [0, 0.1) is 12.7 Å². The van der Waals surface area contributed by atoms with Crippen molar-refractivity contribution in [2.45, 2.75) is 51.2 Å². The third-order valence-corrected chi connectivity index (χ3v) is 8.20. The van der Waals surface area contributed by atoms with Crippen molar-refractivity contribution >= 4 is 39.1 Å². The summed E-state index contributed by atoms with van der Waals surface area (Å²) in [6.07, 6.45) is 0. The van der Waals surface area contributed by atoms with Crippen LogP contribution in [0.25, 0.3) is 0 Å². The molecule has 0 spiro atoms. The Hall–Kier alpha value is -3.63. The number of halogens is 2. The molecule has 8 nitrogen and oxygen atoms in total. The molecule has 0 fully saturated rings. The zero-order chi connectivity index (χ0) is 29.6. The number of methoxy groups -OCH3 is 1. The van der Waals surface area contributed by atoms with Gasteiger partial charge in [-0.3, -0.25) is 13.9 Å². The Kier molecular flexibility index (Phi) is 10.2. The number of nitrogens with zero attached hydrogens (tertiary/aromatic N) is 2. The van der Waals surface area contributed by atoms with Crippen LogP contribution >= 0.6 is 11.6 Å². The quantitative estimate of drug-likeness (QED) is 0.342. The van der Waals surface area contributed by atoms with Gasteiger partial charge in [0.1, 0.15) is 24.2 Å². The fourth-order valence-corrected chi connectivity index (χ4v) is 5.59. The molecule has 40 heavy (non-hydrogen) atoms. The van der Waals surface area contributed by atoms with Crippen LogP contribution in [0.15, 0.2) is 71.6 Å². The third-order valence-electron chi connectivity index (χ3n) is 6.19. The Morgan fingerprint density at radius 2 is 1.68 bits per heavy atom. The first-order valence-electron chi connectivity index (χ1n) is 12.6. The average molecular weight is 590 g/mol. The van der Waals surface area contributed by atoms with Gasteiger partial charge in [0, 0.05) is 23.2 Å². The number of aryl methyl sites for hydroxylation is 1. The second-order valence-corrected chi connectivity index (χ2v) is 11.9. The van der Waals surface area contributed by atoms with E-state index < -0.39 is 40.2 Å². The molecule has 0 aliphatic rings. The number of nitrogens with one attached hydrogen (secondary N) is 1. The zero-order valence-electron chi connectivity index (χ0n) is 23.0. The Labute approximate surface area is 239 Å². The third kappa shape index (κ3) is 7.31. The molecule has 1 N–H and O–H groups in total. The predicted molar refractivity (Wildman–Crippen MR) is 153 cm³/mol. The normalized spacial score (nSPS) is 12.1. The van der Waals surface area contributed by atoms with Gasteiger partial charge in [-0.1, -0.05) is 47.5 Å². The summed E-state index contributed by atoms with van der Waals surface area (Å²) in [5.41, 5.74) is 1.06. The van der Waals surface area contributed by atoms with E-state index in [1.54, 1.807) is 32.0 Å². The van der Waals surface area contributed by atoms with Gasteiger partial charge in [-0.15, -0.1) is 0 Å². The van der Waals surface area contributed by atoms with Gasteiger partial charge < -0.3 is 15.0 Å². The summed E-state index contributed by atoms with van der Waals surface area (Å²) in [5, 5.41) is 2.98. The molecule has 1 unspecified atom stereocenters. The maximum Gasteiger partial charge on any atom is 0.264 e. The minimum absolute atomic E-state index is 0.0362. The maximum atomic E-state index is 14.6. The van der Waals surface area contributed by atoms with E-state index in [9.17, 15) is 22.4 Å². The Bertz CT molecular complexity index is 1460. The first-order chi connectivity index (χ1) is 18.8. The van der Waals surface area contributed by atoms with Gasteiger partial charge in [-0.2, -0.15) is 0 Å². The molecule has 0 bridgehead atoms. The summed E-state index contributed by atoms with van der Waals surface area (Å²) in [7, 11) is -2.95. The van der Waals surface area contributed by atoms with Gasteiger partial charge in [0.2, 0.25) is 11.8 Å². The Balaban J connectivity index is 2.12. The van der Waals surface area contributed by atoms with Gasteiger partial charge in [-0.25, -0.2) is 12.8 Å². The van der Waals surface area contributed by atoms with Gasteiger partial charge in [-0.05, 0) is 64.1 Å². The van der Waals surface area contributed by atoms with E-state index in [0.717, 1.165) is 14.8 Å². The highest BCUT2D eigenvalue weighted by molar-refractivity contribution is 7.92. The molecular formula is C29H33ClFN3O5S. The van der Waals surface area contributed by atoms with E-state index in [0.29, 0.717) is 0 Å². The number of rotatable bonds is 11. The van der Waals surface area contributed by atoms with Crippen molar-refractivity contribution in [2.24, 2.45) is 0 Å². The lowest BCUT2D eigenvalue weighted by Gasteiger charge is -2.32. The van der Waals surface area contributed by atoms with Crippen LogP contribution in [0.3, 0.4) is 0 Å². The van der Waals surface area contributed by atoms with Crippen molar-refractivity contribution in [1.82, 2.24) is 10.2 Å². The van der Waals surface area contributed by atoms with Crippen LogP contribution in [0.2, 0.25) is 5.02 Å². The van der Waals surface area contributed by atoms with E-state index in [2.05, 4.69) is 5.32 Å². The van der Waals surface area contributed by atoms with Crippen molar-refractivity contribution in [2.75, 3.05) is 18.0 Å². The lowest BCUT2D eigenvalue weighted by Crippen LogP contribution is -2.52. The smallest absolute Gasteiger partial charge is 0.264 e. The van der Waals surface area contributed by atoms with Crippen molar-refractivity contribution in [3.8, 4) is 5.75 Å². The molecule has 0 aliphatic heterocycles. The molecule has 3 rings (SSSR count). The predicted octanol–water partition coefficient (Wildman–Crippen LogP) is 4.93. The molecule has 2 amide bonds. The van der Waals surface area contributed by atoms with Crippen LogP contribution in [0.5, 0.6) is 5.75 Å².